The van der Waals surface area contributed by atoms with E-state index >= 15 is 0 Å². The number of anilines is 1. The van der Waals surface area contributed by atoms with Crippen molar-refractivity contribution in [3.63, 3.8) is 0 Å². The molecule has 0 radical (unpaired) electrons. The average Bonchev–Trinajstić information content (AvgIpc) is 2.49. The quantitative estimate of drug-likeness (QED) is 0.889. The van der Waals surface area contributed by atoms with Gasteiger partial charge in [0, 0.05) is 0 Å². The second kappa shape index (κ2) is 7.40. The topological polar surface area (TPSA) is 47.6 Å². The molecule has 4 nitrogen and oxygen atoms in total. The number of alkyl halides is 2. The molecule has 2 aromatic carbocycles. The van der Waals surface area contributed by atoms with Gasteiger partial charge in [0.05, 0.1) is 19.2 Å². The summed E-state index contributed by atoms with van der Waals surface area (Å²) in [5.74, 6) is 0.238. The first-order valence-electron chi connectivity index (χ1n) is 6.55. The summed E-state index contributed by atoms with van der Waals surface area (Å²) < 4.78 is 34.1. The highest BCUT2D eigenvalue weighted by Crippen LogP contribution is 2.25. The van der Waals surface area contributed by atoms with Crippen LogP contribution in [-0.2, 0) is 11.2 Å². The van der Waals surface area contributed by atoms with Crippen LogP contribution in [0.25, 0.3) is 0 Å². The van der Waals surface area contributed by atoms with Gasteiger partial charge >= 0.3 is 6.61 Å². The van der Waals surface area contributed by atoms with Crippen LogP contribution in [-0.4, -0.2) is 19.6 Å². The van der Waals surface area contributed by atoms with Crippen molar-refractivity contribution in [1.29, 1.82) is 0 Å². The van der Waals surface area contributed by atoms with Crippen LogP contribution in [0, 0.1) is 0 Å². The van der Waals surface area contributed by atoms with E-state index in [4.69, 9.17) is 4.74 Å². The Bertz CT molecular complexity index is 647. The van der Waals surface area contributed by atoms with Crippen molar-refractivity contribution in [3.8, 4) is 11.5 Å². The third-order valence-electron chi connectivity index (χ3n) is 2.88. The molecule has 0 saturated carbocycles. The van der Waals surface area contributed by atoms with Gasteiger partial charge in [-0.25, -0.2) is 0 Å². The number of carbonyl (C=O) groups excluding carboxylic acids is 1. The van der Waals surface area contributed by atoms with Gasteiger partial charge in [-0.3, -0.25) is 4.79 Å². The number of nitrogens with one attached hydrogen (secondary N) is 1. The molecule has 0 saturated heterocycles. The van der Waals surface area contributed by atoms with Crippen LogP contribution < -0.4 is 14.8 Å². The number of hydrogen-bond donors (Lipinski definition) is 1. The van der Waals surface area contributed by atoms with E-state index in [0.29, 0.717) is 5.75 Å². The number of para-hydroxylation sites is 2. The molecule has 0 aliphatic carbocycles. The zero-order chi connectivity index (χ0) is 15.9. The second-order valence-corrected chi connectivity index (χ2v) is 4.45. The van der Waals surface area contributed by atoms with Crippen LogP contribution in [0.3, 0.4) is 0 Å². The van der Waals surface area contributed by atoms with E-state index in [2.05, 4.69) is 10.1 Å². The SMILES string of the molecule is COc1cccc(CC(=O)Nc2ccccc2OC(F)F)c1. The van der Waals surface area contributed by atoms with Crippen molar-refractivity contribution >= 4 is 11.6 Å². The van der Waals surface area contributed by atoms with Crippen molar-refractivity contribution in [2.45, 2.75) is 13.0 Å². The Balaban J connectivity index is 2.05. The number of methoxy groups -OCH3 is 1. The standard InChI is InChI=1S/C16H15F2NO3/c1-21-12-6-4-5-11(9-12)10-15(20)19-13-7-2-3-8-14(13)22-16(17)18/h2-9,16H,10H2,1H3,(H,19,20). The summed E-state index contributed by atoms with van der Waals surface area (Å²) in [5, 5.41) is 2.56. The van der Waals surface area contributed by atoms with Crippen molar-refractivity contribution < 1.29 is 23.0 Å². The number of hydrogen-bond acceptors (Lipinski definition) is 3. The first kappa shape index (κ1) is 15.8. The maximum absolute atomic E-state index is 12.3. The Morgan fingerprint density at radius 1 is 1.18 bits per heavy atom. The molecule has 0 aliphatic rings. The van der Waals surface area contributed by atoms with E-state index in [9.17, 15) is 13.6 Å². The Kier molecular flexibility index (Phi) is 5.30. The number of carbonyl (C=O) groups is 1. The molecule has 0 atom stereocenters. The van der Waals surface area contributed by atoms with Crippen molar-refractivity contribution in [2.24, 2.45) is 0 Å². The number of rotatable bonds is 6. The van der Waals surface area contributed by atoms with Gasteiger partial charge in [0.25, 0.3) is 0 Å². The first-order chi connectivity index (χ1) is 10.6. The summed E-state index contributed by atoms with van der Waals surface area (Å²) in [6.45, 7) is -2.95. The molecular formula is C16H15F2NO3. The Labute approximate surface area is 126 Å². The summed E-state index contributed by atoms with van der Waals surface area (Å²) in [4.78, 5) is 12.0. The molecule has 22 heavy (non-hydrogen) atoms. The van der Waals surface area contributed by atoms with E-state index in [1.54, 1.807) is 36.4 Å². The second-order valence-electron chi connectivity index (χ2n) is 4.45. The molecule has 1 amide bonds. The van der Waals surface area contributed by atoms with Crippen LogP contribution in [0.2, 0.25) is 0 Å². The van der Waals surface area contributed by atoms with E-state index in [0.717, 1.165) is 5.56 Å². The zero-order valence-corrected chi connectivity index (χ0v) is 11.9. The summed E-state index contributed by atoms with van der Waals surface area (Å²) in [5.41, 5.74) is 0.958. The van der Waals surface area contributed by atoms with E-state index in [-0.39, 0.29) is 23.8 Å². The molecule has 6 heteroatoms. The molecule has 0 aromatic heterocycles. The predicted molar refractivity (Wildman–Crippen MR) is 78.4 cm³/mol. The zero-order valence-electron chi connectivity index (χ0n) is 11.9. The van der Waals surface area contributed by atoms with E-state index in [1.165, 1.54) is 19.2 Å². The summed E-state index contributed by atoms with van der Waals surface area (Å²) in [7, 11) is 1.54. The van der Waals surface area contributed by atoms with Gasteiger partial charge in [-0.2, -0.15) is 8.78 Å². The summed E-state index contributed by atoms with van der Waals surface area (Å²) >= 11 is 0. The summed E-state index contributed by atoms with van der Waals surface area (Å²) in [6.07, 6.45) is 0.0974. The van der Waals surface area contributed by atoms with Crippen LogP contribution in [0.5, 0.6) is 11.5 Å². The normalized spacial score (nSPS) is 10.4. The largest absolute Gasteiger partial charge is 0.497 e. The van der Waals surface area contributed by atoms with Gasteiger partial charge in [0.2, 0.25) is 5.91 Å². The van der Waals surface area contributed by atoms with E-state index < -0.39 is 6.61 Å². The highest BCUT2D eigenvalue weighted by atomic mass is 19.3. The highest BCUT2D eigenvalue weighted by Gasteiger charge is 2.12. The monoisotopic (exact) mass is 307 g/mol. The third-order valence-corrected chi connectivity index (χ3v) is 2.88. The van der Waals surface area contributed by atoms with Gasteiger partial charge in [0.15, 0.2) is 0 Å². The van der Waals surface area contributed by atoms with Gasteiger partial charge in [-0.1, -0.05) is 24.3 Å². The van der Waals surface area contributed by atoms with Gasteiger partial charge in [-0.15, -0.1) is 0 Å². The number of benzene rings is 2. The molecule has 2 rings (SSSR count). The van der Waals surface area contributed by atoms with Crippen molar-refractivity contribution in [3.05, 3.63) is 54.1 Å². The minimum Gasteiger partial charge on any atom is -0.497 e. The van der Waals surface area contributed by atoms with Crippen LogP contribution in [0.15, 0.2) is 48.5 Å². The Morgan fingerprint density at radius 3 is 2.68 bits per heavy atom. The number of halogens is 2. The minimum absolute atomic E-state index is 0.0727. The van der Waals surface area contributed by atoms with Crippen LogP contribution >= 0.6 is 0 Å². The fourth-order valence-electron chi connectivity index (χ4n) is 1.93. The minimum atomic E-state index is -2.95. The van der Waals surface area contributed by atoms with Crippen LogP contribution in [0.1, 0.15) is 5.56 Å². The smallest absolute Gasteiger partial charge is 0.387 e. The van der Waals surface area contributed by atoms with Gasteiger partial charge in [-0.05, 0) is 29.8 Å². The molecule has 116 valence electrons. The maximum Gasteiger partial charge on any atom is 0.387 e. The molecule has 0 unspecified atom stereocenters. The van der Waals surface area contributed by atoms with Gasteiger partial charge < -0.3 is 14.8 Å². The van der Waals surface area contributed by atoms with Crippen molar-refractivity contribution in [2.75, 3.05) is 12.4 Å². The Morgan fingerprint density at radius 2 is 1.95 bits per heavy atom. The molecule has 0 spiro atoms. The lowest BCUT2D eigenvalue weighted by molar-refractivity contribution is -0.115. The lowest BCUT2D eigenvalue weighted by atomic mass is 10.1. The maximum atomic E-state index is 12.3. The number of amides is 1. The molecule has 0 bridgehead atoms. The van der Waals surface area contributed by atoms with Crippen molar-refractivity contribution in [1.82, 2.24) is 0 Å². The predicted octanol–water partition coefficient (Wildman–Crippen LogP) is 3.48. The number of ether oxygens (including phenoxy) is 2. The fourth-order valence-corrected chi connectivity index (χ4v) is 1.93. The van der Waals surface area contributed by atoms with Gasteiger partial charge in [0.1, 0.15) is 11.5 Å². The first-order valence-corrected chi connectivity index (χ1v) is 6.55. The molecule has 0 fully saturated rings. The summed E-state index contributed by atoms with van der Waals surface area (Å²) in [6, 6.07) is 13.1. The average molecular weight is 307 g/mol. The molecule has 1 N–H and O–H groups in total. The molecule has 0 heterocycles. The Hall–Kier alpha value is -2.63. The van der Waals surface area contributed by atoms with Crippen LogP contribution in [0.4, 0.5) is 14.5 Å². The highest BCUT2D eigenvalue weighted by molar-refractivity contribution is 5.93. The van der Waals surface area contributed by atoms with E-state index in [1.807, 2.05) is 0 Å². The molecule has 0 aliphatic heterocycles. The third kappa shape index (κ3) is 4.44. The lowest BCUT2D eigenvalue weighted by Crippen LogP contribution is -2.16. The molecular weight excluding hydrogens is 292 g/mol. The fraction of sp³-hybridized carbons (Fsp3) is 0.188. The molecule has 2 aromatic rings. The lowest BCUT2D eigenvalue weighted by Gasteiger charge is -2.11.